The molecule has 0 N–H and O–H groups in total. The minimum absolute atomic E-state index is 0.391. The van der Waals surface area contributed by atoms with E-state index in [9.17, 15) is 19.2 Å². The second kappa shape index (κ2) is 8.51. The van der Waals surface area contributed by atoms with Gasteiger partial charge in [0.2, 0.25) is 11.8 Å². The van der Waals surface area contributed by atoms with Gasteiger partial charge in [0.1, 0.15) is 17.6 Å². The first-order valence-electron chi connectivity index (χ1n) is 11.3. The molecule has 3 aromatic rings. The molecule has 2 aliphatic rings. The van der Waals surface area contributed by atoms with Crippen molar-refractivity contribution in [1.29, 1.82) is 0 Å². The summed E-state index contributed by atoms with van der Waals surface area (Å²) in [7, 11) is 4.75. The lowest BCUT2D eigenvalue weighted by molar-refractivity contribution is -0.124. The summed E-state index contributed by atoms with van der Waals surface area (Å²) < 4.78 is 5.27. The van der Waals surface area contributed by atoms with Crippen LogP contribution in [-0.2, 0) is 9.59 Å². The van der Waals surface area contributed by atoms with Crippen molar-refractivity contribution in [3.05, 3.63) is 89.5 Å². The smallest absolute Gasteiger partial charge is 0.238 e. The van der Waals surface area contributed by atoms with Crippen molar-refractivity contribution in [3.63, 3.8) is 0 Å². The fourth-order valence-electron chi connectivity index (χ4n) is 5.20. The maximum Gasteiger partial charge on any atom is 0.238 e. The predicted octanol–water partition coefficient (Wildman–Crippen LogP) is 3.73. The second-order valence-corrected chi connectivity index (χ2v) is 8.81. The van der Waals surface area contributed by atoms with E-state index in [1.807, 2.05) is 0 Å². The van der Waals surface area contributed by atoms with E-state index < -0.39 is 41.1 Å². The number of carbonyl (C=O) groups excluding carboxylic acids is 4. The fourth-order valence-corrected chi connectivity index (χ4v) is 5.20. The molecule has 0 aromatic heterocycles. The Hall–Kier alpha value is -4.26. The van der Waals surface area contributed by atoms with Crippen LogP contribution in [0.3, 0.4) is 0 Å². The van der Waals surface area contributed by atoms with E-state index in [4.69, 9.17) is 4.74 Å². The molecule has 0 saturated carbocycles. The molecule has 2 amide bonds. The van der Waals surface area contributed by atoms with Crippen LogP contribution in [0.2, 0.25) is 0 Å². The molecule has 2 heterocycles. The molecule has 7 heteroatoms. The molecule has 0 fully saturated rings. The van der Waals surface area contributed by atoms with Gasteiger partial charge in [-0.25, -0.2) is 0 Å². The lowest BCUT2D eigenvalue weighted by Crippen LogP contribution is -2.52. The Bertz CT molecular complexity index is 1280. The third-order valence-corrected chi connectivity index (χ3v) is 7.04. The van der Waals surface area contributed by atoms with Crippen LogP contribution < -0.4 is 14.5 Å². The van der Waals surface area contributed by atoms with Crippen LogP contribution in [0.4, 0.5) is 11.4 Å². The zero-order chi connectivity index (χ0) is 24.9. The van der Waals surface area contributed by atoms with Crippen LogP contribution in [0.1, 0.15) is 32.2 Å². The first-order valence-corrected chi connectivity index (χ1v) is 11.3. The van der Waals surface area contributed by atoms with Gasteiger partial charge in [-0.1, -0.05) is 36.4 Å². The number of nitrogens with zero attached hydrogens (tertiary/aromatic N) is 2. The van der Waals surface area contributed by atoms with Gasteiger partial charge >= 0.3 is 0 Å². The number of ketones is 2. The third-order valence-electron chi connectivity index (χ3n) is 7.04. The number of rotatable bonds is 4. The van der Waals surface area contributed by atoms with Crippen molar-refractivity contribution in [3.8, 4) is 5.75 Å². The van der Waals surface area contributed by atoms with Gasteiger partial charge in [-0.3, -0.25) is 19.2 Å². The van der Waals surface area contributed by atoms with E-state index in [-0.39, 0.29) is 0 Å². The fraction of sp³-hybridized carbons (Fsp3) is 0.214. The molecule has 0 bridgehead atoms. The molecule has 2 unspecified atom stereocenters. The first kappa shape index (κ1) is 22.5. The molecule has 176 valence electrons. The summed E-state index contributed by atoms with van der Waals surface area (Å²) in [6.45, 7) is 0. The zero-order valence-corrected chi connectivity index (χ0v) is 19.6. The van der Waals surface area contributed by atoms with Crippen molar-refractivity contribution in [2.24, 2.45) is 11.8 Å². The summed E-state index contributed by atoms with van der Waals surface area (Å²) in [5.74, 6) is -4.57. The van der Waals surface area contributed by atoms with Gasteiger partial charge in [-0.15, -0.1) is 0 Å². The number of Topliss-reactive ketones (excluding diaryl/α,β-unsaturated/α-hetero) is 2. The monoisotopic (exact) mass is 468 g/mol. The molecule has 0 saturated heterocycles. The molecular weight excluding hydrogens is 444 g/mol. The number of benzene rings is 3. The van der Waals surface area contributed by atoms with Crippen molar-refractivity contribution in [2.45, 2.75) is 5.92 Å². The van der Waals surface area contributed by atoms with Gasteiger partial charge in [-0.05, 0) is 42.0 Å². The van der Waals surface area contributed by atoms with Gasteiger partial charge in [0.05, 0.1) is 18.5 Å². The number of hydrogen-bond acceptors (Lipinski definition) is 5. The van der Waals surface area contributed by atoms with Gasteiger partial charge in [0.25, 0.3) is 0 Å². The lowest BCUT2D eigenvalue weighted by atomic mass is 9.68. The largest absolute Gasteiger partial charge is 0.497 e. The quantitative estimate of drug-likeness (QED) is 0.545. The lowest BCUT2D eigenvalue weighted by Gasteiger charge is -2.40. The minimum Gasteiger partial charge on any atom is -0.497 e. The molecule has 7 nitrogen and oxygen atoms in total. The van der Waals surface area contributed by atoms with Crippen LogP contribution in [0.25, 0.3) is 0 Å². The number of carbonyl (C=O) groups is 4. The SMILES string of the molecule is COc1ccc(C(C2C(=O)c3ccccc3N(C)C2=O)C2C(=O)c3ccccc3N(C)C2=O)cc1. The maximum absolute atomic E-state index is 13.8. The highest BCUT2D eigenvalue weighted by atomic mass is 16.5. The highest BCUT2D eigenvalue weighted by molar-refractivity contribution is 6.25. The normalized spacial score (nSPS) is 20.4. The summed E-state index contributed by atoms with van der Waals surface area (Å²) in [5.41, 5.74) is 2.35. The average Bonchev–Trinajstić information content (AvgIpc) is 2.90. The Kier molecular flexibility index (Phi) is 5.47. The van der Waals surface area contributed by atoms with Crippen LogP contribution in [0.5, 0.6) is 5.75 Å². The molecule has 0 spiro atoms. The number of para-hydroxylation sites is 2. The Morgan fingerprint density at radius 2 is 1.09 bits per heavy atom. The summed E-state index contributed by atoms with van der Waals surface area (Å²) in [6, 6.07) is 20.6. The Balaban J connectivity index is 1.71. The van der Waals surface area contributed by atoms with E-state index in [0.717, 1.165) is 0 Å². The maximum atomic E-state index is 13.8. The number of fused-ring (bicyclic) bond motifs is 2. The molecule has 0 radical (unpaired) electrons. The van der Waals surface area contributed by atoms with Crippen LogP contribution in [-0.4, -0.2) is 44.6 Å². The first-order chi connectivity index (χ1) is 16.8. The van der Waals surface area contributed by atoms with E-state index in [1.54, 1.807) is 86.9 Å². The van der Waals surface area contributed by atoms with Gasteiger partial charge in [0.15, 0.2) is 11.6 Å². The number of ether oxygens (including phenoxy) is 1. The van der Waals surface area contributed by atoms with Crippen LogP contribution in [0.15, 0.2) is 72.8 Å². The van der Waals surface area contributed by atoms with E-state index in [0.29, 0.717) is 33.8 Å². The number of anilines is 2. The van der Waals surface area contributed by atoms with Gasteiger partial charge < -0.3 is 14.5 Å². The topological polar surface area (TPSA) is 84.0 Å². The molecule has 0 aliphatic carbocycles. The van der Waals surface area contributed by atoms with E-state index in [2.05, 4.69) is 0 Å². The summed E-state index contributed by atoms with van der Waals surface area (Å²) in [5, 5.41) is 0. The minimum atomic E-state index is -1.24. The summed E-state index contributed by atoms with van der Waals surface area (Å²) in [6.07, 6.45) is 0. The summed E-state index contributed by atoms with van der Waals surface area (Å²) in [4.78, 5) is 57.8. The third kappa shape index (κ3) is 3.43. The zero-order valence-electron chi connectivity index (χ0n) is 19.6. The van der Waals surface area contributed by atoms with Crippen molar-refractivity contribution < 1.29 is 23.9 Å². The molecule has 3 aromatic carbocycles. The number of methoxy groups -OCH3 is 1. The highest BCUT2D eigenvalue weighted by Crippen LogP contribution is 2.45. The van der Waals surface area contributed by atoms with Crippen molar-refractivity contribution >= 4 is 34.8 Å². The Morgan fingerprint density at radius 3 is 1.51 bits per heavy atom. The van der Waals surface area contributed by atoms with Gasteiger partial charge in [-0.2, -0.15) is 0 Å². The molecular formula is C28H24N2O5. The Morgan fingerprint density at radius 1 is 0.657 bits per heavy atom. The van der Waals surface area contributed by atoms with E-state index >= 15 is 0 Å². The average molecular weight is 469 g/mol. The van der Waals surface area contributed by atoms with Gasteiger partial charge in [0, 0.05) is 31.1 Å². The molecule has 5 rings (SSSR count). The van der Waals surface area contributed by atoms with Crippen LogP contribution >= 0.6 is 0 Å². The number of amides is 2. The Labute approximate surface area is 202 Å². The summed E-state index contributed by atoms with van der Waals surface area (Å²) >= 11 is 0. The molecule has 35 heavy (non-hydrogen) atoms. The van der Waals surface area contributed by atoms with E-state index in [1.165, 1.54) is 16.9 Å². The van der Waals surface area contributed by atoms with Crippen molar-refractivity contribution in [2.75, 3.05) is 31.0 Å². The predicted molar refractivity (Wildman–Crippen MR) is 131 cm³/mol. The molecule has 2 atom stereocenters. The highest BCUT2D eigenvalue weighted by Gasteiger charge is 2.52. The second-order valence-electron chi connectivity index (χ2n) is 8.81. The van der Waals surface area contributed by atoms with Crippen molar-refractivity contribution in [1.82, 2.24) is 0 Å². The molecule has 2 aliphatic heterocycles. The van der Waals surface area contributed by atoms with Crippen LogP contribution in [0, 0.1) is 11.8 Å². The standard InChI is InChI=1S/C28H24N2O5/c1-29-20-10-6-4-8-18(20)25(31)23(27(29)33)22(16-12-14-17(35-3)15-13-16)24-26(32)19-9-5-7-11-21(19)30(2)28(24)34/h4-15,22-24H,1-3H3. The number of hydrogen-bond donors (Lipinski definition) is 0.